The quantitative estimate of drug-likeness (QED) is 0.687. The van der Waals surface area contributed by atoms with Crippen molar-refractivity contribution in [3.8, 4) is 0 Å². The van der Waals surface area contributed by atoms with Crippen LogP contribution in [0.3, 0.4) is 0 Å². The zero-order valence-electron chi connectivity index (χ0n) is 17.0. The number of hydrogen-bond donors (Lipinski definition) is 1. The van der Waals surface area contributed by atoms with Crippen LogP contribution in [-0.2, 0) is 0 Å². The van der Waals surface area contributed by atoms with E-state index in [2.05, 4.69) is 74.0 Å². The van der Waals surface area contributed by atoms with Gasteiger partial charge in [0, 0.05) is 30.3 Å². The predicted octanol–water partition coefficient (Wildman–Crippen LogP) is 5.67. The lowest BCUT2D eigenvalue weighted by Gasteiger charge is -2.28. The Labute approximate surface area is 162 Å². The largest absolute Gasteiger partial charge is 0.435 e. The van der Waals surface area contributed by atoms with Crippen molar-refractivity contribution in [3.05, 3.63) is 54.0 Å². The molecule has 0 saturated heterocycles. The van der Waals surface area contributed by atoms with Crippen molar-refractivity contribution >= 4 is 22.5 Å². The van der Waals surface area contributed by atoms with Gasteiger partial charge >= 0.3 is 0 Å². The molecule has 0 saturated carbocycles. The Bertz CT molecular complexity index is 886. The summed E-state index contributed by atoms with van der Waals surface area (Å²) in [6.07, 6.45) is 12.0. The number of anilines is 1. The second-order valence-corrected chi connectivity index (χ2v) is 7.20. The zero-order valence-corrected chi connectivity index (χ0v) is 17.0. The van der Waals surface area contributed by atoms with E-state index in [-0.39, 0.29) is 5.41 Å². The summed E-state index contributed by atoms with van der Waals surface area (Å²) < 4.78 is 6.01. The first-order chi connectivity index (χ1) is 13.0. The van der Waals surface area contributed by atoms with Crippen LogP contribution in [0.15, 0.2) is 52.5 Å². The monoisotopic (exact) mass is 365 g/mol. The lowest BCUT2D eigenvalue weighted by molar-refractivity contribution is 0.472. The smallest absolute Gasteiger partial charge is 0.243 e. The maximum absolute atomic E-state index is 6.41. The van der Waals surface area contributed by atoms with Crippen LogP contribution in [0, 0.1) is 5.41 Å². The predicted molar refractivity (Wildman–Crippen MR) is 115 cm³/mol. The average Bonchev–Trinajstić information content (AvgIpc) is 3.13. The fourth-order valence-electron chi connectivity index (χ4n) is 3.66. The molecule has 1 heterocycles. The Morgan fingerprint density at radius 3 is 2.63 bits per heavy atom. The molecule has 1 aliphatic rings. The van der Waals surface area contributed by atoms with Gasteiger partial charge in [0.15, 0.2) is 5.58 Å². The second kappa shape index (κ2) is 8.03. The number of oxazole rings is 1. The van der Waals surface area contributed by atoms with Crippen LogP contribution in [-0.4, -0.2) is 18.1 Å². The zero-order chi connectivity index (χ0) is 19.4. The number of fused-ring (bicyclic) bond motifs is 1. The molecule has 0 spiro atoms. The van der Waals surface area contributed by atoms with Crippen LogP contribution in [0.5, 0.6) is 0 Å². The number of hydrogen-bond acceptors (Lipinski definition) is 4. The van der Waals surface area contributed by atoms with Crippen LogP contribution in [0.25, 0.3) is 16.8 Å². The average molecular weight is 366 g/mol. The van der Waals surface area contributed by atoms with E-state index < -0.39 is 0 Å². The van der Waals surface area contributed by atoms with E-state index >= 15 is 0 Å². The molecular weight excluding hydrogens is 334 g/mol. The fraction of sp³-hybridized carbons (Fsp3) is 0.435. The maximum Gasteiger partial charge on any atom is 0.243 e. The summed E-state index contributed by atoms with van der Waals surface area (Å²) in [7, 11) is 0. The Morgan fingerprint density at radius 1 is 1.26 bits per heavy atom. The number of rotatable bonds is 7. The molecule has 2 N–H and O–H groups in total. The van der Waals surface area contributed by atoms with Gasteiger partial charge in [-0.25, -0.2) is 4.98 Å². The highest BCUT2D eigenvalue weighted by atomic mass is 16.3. The molecule has 4 nitrogen and oxygen atoms in total. The maximum atomic E-state index is 6.41. The molecule has 27 heavy (non-hydrogen) atoms. The molecule has 4 heteroatoms. The Balaban J connectivity index is 1.91. The number of benzene rings is 1. The van der Waals surface area contributed by atoms with E-state index in [1.54, 1.807) is 0 Å². The minimum Gasteiger partial charge on any atom is -0.435 e. The lowest BCUT2D eigenvalue weighted by Crippen LogP contribution is -2.21. The molecule has 2 aromatic rings. The van der Waals surface area contributed by atoms with Gasteiger partial charge in [-0.15, -0.1) is 0 Å². The molecular formula is C23H31N3O. The minimum atomic E-state index is -0.0597. The molecule has 1 aromatic carbocycles. The summed E-state index contributed by atoms with van der Waals surface area (Å²) in [5.74, 6) is 0.508. The van der Waals surface area contributed by atoms with Gasteiger partial charge in [-0.2, -0.15) is 0 Å². The van der Waals surface area contributed by atoms with E-state index in [4.69, 9.17) is 10.2 Å². The van der Waals surface area contributed by atoms with Gasteiger partial charge < -0.3 is 15.1 Å². The molecule has 1 aliphatic carbocycles. The summed E-state index contributed by atoms with van der Waals surface area (Å²) in [6.45, 7) is 10.6. The van der Waals surface area contributed by atoms with Crippen LogP contribution in [0.4, 0.5) is 5.69 Å². The molecule has 0 amide bonds. The van der Waals surface area contributed by atoms with Gasteiger partial charge in [0.05, 0.1) is 5.70 Å². The van der Waals surface area contributed by atoms with Crippen molar-refractivity contribution in [2.45, 2.75) is 47.0 Å². The van der Waals surface area contributed by atoms with Gasteiger partial charge in [-0.3, -0.25) is 0 Å². The first kappa shape index (κ1) is 19.3. The van der Waals surface area contributed by atoms with E-state index in [0.29, 0.717) is 11.6 Å². The normalized spacial score (nSPS) is 20.1. The van der Waals surface area contributed by atoms with E-state index in [0.717, 1.165) is 49.1 Å². The number of aromatic nitrogens is 1. The van der Waals surface area contributed by atoms with Crippen molar-refractivity contribution in [2.24, 2.45) is 11.1 Å². The third-order valence-electron chi connectivity index (χ3n) is 5.63. The molecule has 0 radical (unpaired) electrons. The Morgan fingerprint density at radius 2 is 2.04 bits per heavy atom. The number of allylic oxidation sites excluding steroid dienone is 5. The fourth-order valence-corrected chi connectivity index (χ4v) is 3.66. The summed E-state index contributed by atoms with van der Waals surface area (Å²) in [6, 6.07) is 6.16. The van der Waals surface area contributed by atoms with Crippen molar-refractivity contribution in [2.75, 3.05) is 18.0 Å². The van der Waals surface area contributed by atoms with Crippen molar-refractivity contribution in [1.82, 2.24) is 4.98 Å². The third-order valence-corrected chi connectivity index (χ3v) is 5.63. The molecule has 1 atom stereocenters. The van der Waals surface area contributed by atoms with Gasteiger partial charge in [-0.05, 0) is 51.3 Å². The molecule has 3 rings (SSSR count). The topological polar surface area (TPSA) is 55.3 Å². The van der Waals surface area contributed by atoms with E-state index in [1.807, 2.05) is 6.07 Å². The van der Waals surface area contributed by atoms with Crippen LogP contribution in [0.2, 0.25) is 0 Å². The van der Waals surface area contributed by atoms with Gasteiger partial charge in [0.2, 0.25) is 5.89 Å². The molecule has 1 unspecified atom stereocenters. The SMILES string of the molecule is CCC1=CCC(C=C(N)c2nc3ccc(N(CC)CC)cc3o2)(CC)C=C1. The van der Waals surface area contributed by atoms with Crippen molar-refractivity contribution < 1.29 is 4.42 Å². The molecule has 0 aliphatic heterocycles. The number of nitrogens with zero attached hydrogens (tertiary/aromatic N) is 2. The number of nitrogens with two attached hydrogens (primary N) is 1. The van der Waals surface area contributed by atoms with Gasteiger partial charge in [0.1, 0.15) is 5.52 Å². The van der Waals surface area contributed by atoms with Gasteiger partial charge in [-0.1, -0.05) is 37.6 Å². The summed E-state index contributed by atoms with van der Waals surface area (Å²) in [4.78, 5) is 6.90. The first-order valence-corrected chi connectivity index (χ1v) is 10.1. The summed E-state index contributed by atoms with van der Waals surface area (Å²) in [5.41, 5.74) is 11.1. The lowest BCUT2D eigenvalue weighted by atomic mass is 9.77. The third kappa shape index (κ3) is 3.95. The second-order valence-electron chi connectivity index (χ2n) is 7.20. The summed E-state index contributed by atoms with van der Waals surface area (Å²) in [5, 5.41) is 0. The molecule has 144 valence electrons. The Kier molecular flexibility index (Phi) is 5.73. The summed E-state index contributed by atoms with van der Waals surface area (Å²) >= 11 is 0. The highest BCUT2D eigenvalue weighted by molar-refractivity contribution is 5.79. The van der Waals surface area contributed by atoms with Crippen molar-refractivity contribution in [1.29, 1.82) is 0 Å². The van der Waals surface area contributed by atoms with E-state index in [1.165, 1.54) is 5.57 Å². The van der Waals surface area contributed by atoms with Crippen LogP contribution < -0.4 is 10.6 Å². The molecule has 0 fully saturated rings. The molecule has 1 aromatic heterocycles. The van der Waals surface area contributed by atoms with Crippen LogP contribution >= 0.6 is 0 Å². The highest BCUT2D eigenvalue weighted by Gasteiger charge is 2.25. The van der Waals surface area contributed by atoms with E-state index in [9.17, 15) is 0 Å². The van der Waals surface area contributed by atoms with Crippen LogP contribution in [0.1, 0.15) is 52.8 Å². The molecule has 0 bridgehead atoms. The van der Waals surface area contributed by atoms with Crippen molar-refractivity contribution in [3.63, 3.8) is 0 Å². The van der Waals surface area contributed by atoms with Gasteiger partial charge in [0.25, 0.3) is 0 Å². The Hall–Kier alpha value is -2.49. The minimum absolute atomic E-state index is 0.0597. The standard InChI is InChI=1S/C23H31N3O/c1-5-17-11-13-23(6-2,14-12-17)16-19(24)22-25-20-10-9-18(15-21(20)27-22)26(7-3)8-4/h9-13,15-16H,5-8,14,24H2,1-4H3. The highest BCUT2D eigenvalue weighted by Crippen LogP contribution is 2.37. The first-order valence-electron chi connectivity index (χ1n) is 10.1.